The van der Waals surface area contributed by atoms with Crippen LogP contribution in [0.15, 0.2) is 23.5 Å². The van der Waals surface area contributed by atoms with Crippen LogP contribution in [-0.2, 0) is 5.75 Å². The molecule has 0 amide bonds. The zero-order chi connectivity index (χ0) is 13.1. The lowest BCUT2D eigenvalue weighted by molar-refractivity contribution is 0.565. The number of nitrogens with zero attached hydrogens (tertiary/aromatic N) is 5. The van der Waals surface area contributed by atoms with E-state index in [2.05, 4.69) is 38.8 Å². The SMILES string of the molecule is CCNc1ncccc1CSc1nnnn1C1CC1. The number of anilines is 1. The van der Waals surface area contributed by atoms with Crippen LogP contribution in [0.1, 0.15) is 31.4 Å². The molecule has 1 saturated carbocycles. The number of tetrazole rings is 1. The Morgan fingerprint density at radius 1 is 1.47 bits per heavy atom. The van der Waals surface area contributed by atoms with E-state index in [0.29, 0.717) is 6.04 Å². The Labute approximate surface area is 116 Å². The van der Waals surface area contributed by atoms with Crippen molar-refractivity contribution in [1.82, 2.24) is 25.2 Å². The van der Waals surface area contributed by atoms with Crippen LogP contribution >= 0.6 is 11.8 Å². The van der Waals surface area contributed by atoms with E-state index in [1.165, 1.54) is 18.4 Å². The molecule has 2 aromatic rings. The molecule has 2 aromatic heterocycles. The van der Waals surface area contributed by atoms with Crippen LogP contribution in [-0.4, -0.2) is 31.7 Å². The second kappa shape index (κ2) is 5.56. The van der Waals surface area contributed by atoms with Gasteiger partial charge in [0.25, 0.3) is 0 Å². The summed E-state index contributed by atoms with van der Waals surface area (Å²) in [6, 6.07) is 4.56. The van der Waals surface area contributed by atoms with Gasteiger partial charge in [0.05, 0.1) is 6.04 Å². The molecule has 1 aliphatic rings. The van der Waals surface area contributed by atoms with Gasteiger partial charge >= 0.3 is 0 Å². The van der Waals surface area contributed by atoms with Crippen molar-refractivity contribution < 1.29 is 0 Å². The van der Waals surface area contributed by atoms with E-state index in [4.69, 9.17) is 0 Å². The highest BCUT2D eigenvalue weighted by Gasteiger charge is 2.27. The number of pyridine rings is 1. The molecule has 0 saturated heterocycles. The minimum atomic E-state index is 0.514. The van der Waals surface area contributed by atoms with Gasteiger partial charge in [0, 0.05) is 24.1 Å². The highest BCUT2D eigenvalue weighted by molar-refractivity contribution is 7.98. The summed E-state index contributed by atoms with van der Waals surface area (Å²) in [5, 5.41) is 16.1. The van der Waals surface area contributed by atoms with E-state index in [-0.39, 0.29) is 0 Å². The quantitative estimate of drug-likeness (QED) is 0.815. The van der Waals surface area contributed by atoms with Crippen LogP contribution in [0, 0.1) is 0 Å². The van der Waals surface area contributed by atoms with E-state index in [1.807, 2.05) is 10.7 Å². The van der Waals surface area contributed by atoms with Gasteiger partial charge in [0.15, 0.2) is 0 Å². The minimum Gasteiger partial charge on any atom is -0.370 e. The van der Waals surface area contributed by atoms with E-state index < -0.39 is 0 Å². The second-order valence-electron chi connectivity index (χ2n) is 4.47. The number of nitrogens with one attached hydrogen (secondary N) is 1. The lowest BCUT2D eigenvalue weighted by atomic mass is 10.3. The Bertz CT molecular complexity index is 551. The van der Waals surface area contributed by atoms with Gasteiger partial charge in [-0.15, -0.1) is 5.10 Å². The Hall–Kier alpha value is -1.63. The van der Waals surface area contributed by atoms with Gasteiger partial charge in [-0.1, -0.05) is 17.8 Å². The van der Waals surface area contributed by atoms with E-state index >= 15 is 0 Å². The average Bonchev–Trinajstić information content (AvgIpc) is 3.17. The molecule has 19 heavy (non-hydrogen) atoms. The summed E-state index contributed by atoms with van der Waals surface area (Å²) in [6.45, 7) is 2.94. The van der Waals surface area contributed by atoms with Crippen LogP contribution in [0.2, 0.25) is 0 Å². The highest BCUT2D eigenvalue weighted by Crippen LogP contribution is 2.37. The third-order valence-corrected chi connectivity index (χ3v) is 3.93. The Balaban J connectivity index is 1.70. The van der Waals surface area contributed by atoms with Gasteiger partial charge < -0.3 is 5.32 Å². The van der Waals surface area contributed by atoms with Gasteiger partial charge in [-0.2, -0.15) is 0 Å². The standard InChI is InChI=1S/C12H16N6S/c1-2-13-11-9(4-3-7-14-11)8-19-12-15-16-17-18(12)10-5-6-10/h3-4,7,10H,2,5-6,8H2,1H3,(H,13,14). The largest absolute Gasteiger partial charge is 0.370 e. The maximum Gasteiger partial charge on any atom is 0.209 e. The zero-order valence-electron chi connectivity index (χ0n) is 10.8. The van der Waals surface area contributed by atoms with Crippen molar-refractivity contribution in [1.29, 1.82) is 0 Å². The fraction of sp³-hybridized carbons (Fsp3) is 0.500. The number of hydrogen-bond donors (Lipinski definition) is 1. The first-order valence-corrected chi connectivity index (χ1v) is 7.45. The summed E-state index contributed by atoms with van der Waals surface area (Å²) in [5.41, 5.74) is 1.18. The molecule has 7 heteroatoms. The predicted molar refractivity (Wildman–Crippen MR) is 74.0 cm³/mol. The van der Waals surface area contributed by atoms with Gasteiger partial charge in [-0.3, -0.25) is 0 Å². The third-order valence-electron chi connectivity index (χ3n) is 2.95. The Kier molecular flexibility index (Phi) is 3.63. The highest BCUT2D eigenvalue weighted by atomic mass is 32.2. The molecule has 1 N–H and O–H groups in total. The topological polar surface area (TPSA) is 68.5 Å². The van der Waals surface area contributed by atoms with Crippen LogP contribution in [0.5, 0.6) is 0 Å². The molecule has 1 aliphatic carbocycles. The van der Waals surface area contributed by atoms with Crippen LogP contribution in [0.3, 0.4) is 0 Å². The molecule has 0 bridgehead atoms. The molecule has 0 aromatic carbocycles. The molecule has 2 heterocycles. The fourth-order valence-electron chi connectivity index (χ4n) is 1.85. The summed E-state index contributed by atoms with van der Waals surface area (Å²) < 4.78 is 1.94. The van der Waals surface area contributed by atoms with E-state index in [9.17, 15) is 0 Å². The van der Waals surface area contributed by atoms with Crippen molar-refractivity contribution in [2.75, 3.05) is 11.9 Å². The maximum atomic E-state index is 4.36. The molecule has 0 radical (unpaired) electrons. The average molecular weight is 276 g/mol. The smallest absolute Gasteiger partial charge is 0.209 e. The summed E-state index contributed by atoms with van der Waals surface area (Å²) in [6.07, 6.45) is 4.18. The third kappa shape index (κ3) is 2.86. The molecule has 0 aliphatic heterocycles. The summed E-state index contributed by atoms with van der Waals surface area (Å²) in [5.74, 6) is 1.77. The van der Waals surface area contributed by atoms with Crippen molar-refractivity contribution in [2.24, 2.45) is 0 Å². The van der Waals surface area contributed by atoms with Gasteiger partial charge in [0.2, 0.25) is 5.16 Å². The summed E-state index contributed by atoms with van der Waals surface area (Å²) in [7, 11) is 0. The number of aromatic nitrogens is 5. The first-order chi connectivity index (χ1) is 9.38. The number of thioether (sulfide) groups is 1. The second-order valence-corrected chi connectivity index (χ2v) is 5.41. The molecular weight excluding hydrogens is 260 g/mol. The van der Waals surface area contributed by atoms with Gasteiger partial charge in [-0.05, 0) is 36.3 Å². The van der Waals surface area contributed by atoms with Crippen LogP contribution in [0.25, 0.3) is 0 Å². The lowest BCUT2D eigenvalue weighted by Gasteiger charge is -2.08. The molecule has 6 nitrogen and oxygen atoms in total. The predicted octanol–water partition coefficient (Wildman–Crippen LogP) is 2.13. The molecule has 1 fully saturated rings. The van der Waals surface area contributed by atoms with Gasteiger partial charge in [0.1, 0.15) is 5.82 Å². The number of hydrogen-bond acceptors (Lipinski definition) is 6. The molecule has 0 unspecified atom stereocenters. The van der Waals surface area contributed by atoms with Crippen LogP contribution < -0.4 is 5.32 Å². The molecule has 3 rings (SSSR count). The summed E-state index contributed by atoms with van der Waals surface area (Å²) in [4.78, 5) is 4.36. The molecule has 100 valence electrons. The minimum absolute atomic E-state index is 0.514. The summed E-state index contributed by atoms with van der Waals surface area (Å²) >= 11 is 1.66. The van der Waals surface area contributed by atoms with E-state index in [0.717, 1.165) is 23.3 Å². The van der Waals surface area contributed by atoms with Crippen molar-refractivity contribution in [3.63, 3.8) is 0 Å². The normalized spacial score (nSPS) is 14.6. The fourth-order valence-corrected chi connectivity index (χ4v) is 2.78. The first kappa shape index (κ1) is 12.4. The van der Waals surface area contributed by atoms with Crippen molar-refractivity contribution in [3.8, 4) is 0 Å². The molecule has 0 spiro atoms. The van der Waals surface area contributed by atoms with Crippen molar-refractivity contribution in [3.05, 3.63) is 23.9 Å². The monoisotopic (exact) mass is 276 g/mol. The van der Waals surface area contributed by atoms with Crippen molar-refractivity contribution >= 4 is 17.6 Å². The van der Waals surface area contributed by atoms with E-state index in [1.54, 1.807) is 18.0 Å². The maximum absolute atomic E-state index is 4.36. The Morgan fingerprint density at radius 3 is 3.16 bits per heavy atom. The number of rotatable bonds is 6. The zero-order valence-corrected chi connectivity index (χ0v) is 11.6. The van der Waals surface area contributed by atoms with Crippen molar-refractivity contribution in [2.45, 2.75) is 36.7 Å². The first-order valence-electron chi connectivity index (χ1n) is 6.47. The van der Waals surface area contributed by atoms with Gasteiger partial charge in [-0.25, -0.2) is 9.67 Å². The lowest BCUT2D eigenvalue weighted by Crippen LogP contribution is -2.03. The molecule has 0 atom stereocenters. The molecular formula is C12H16N6S. The Morgan fingerprint density at radius 2 is 2.37 bits per heavy atom. The van der Waals surface area contributed by atoms with Crippen LogP contribution in [0.4, 0.5) is 5.82 Å².